The van der Waals surface area contributed by atoms with Crippen LogP contribution in [0, 0.1) is 24.2 Å². The molecule has 1 aromatic heterocycles. The molecule has 25 heavy (non-hydrogen) atoms. The molecule has 0 radical (unpaired) electrons. The Morgan fingerprint density at radius 1 is 1.36 bits per heavy atom. The summed E-state index contributed by atoms with van der Waals surface area (Å²) in [5.74, 6) is -1.25. The van der Waals surface area contributed by atoms with Crippen LogP contribution in [0.15, 0.2) is 22.3 Å². The van der Waals surface area contributed by atoms with Gasteiger partial charge in [0.25, 0.3) is 0 Å². The lowest BCUT2D eigenvalue weighted by molar-refractivity contribution is -0.136. The number of Topliss-reactive ketones (excluding diaryl/α,β-unsaturated/α-hetero) is 1. The highest BCUT2D eigenvalue weighted by Gasteiger charge is 2.44. The Labute approximate surface area is 146 Å². The van der Waals surface area contributed by atoms with Gasteiger partial charge in [-0.05, 0) is 38.3 Å². The highest BCUT2D eigenvalue weighted by atomic mass is 16.5. The molecule has 130 valence electrons. The number of aromatic nitrogens is 1. The Bertz CT molecular complexity index is 867. The van der Waals surface area contributed by atoms with Crippen LogP contribution in [0.3, 0.4) is 0 Å². The fourth-order valence-electron chi connectivity index (χ4n) is 3.98. The lowest BCUT2D eigenvalue weighted by Crippen LogP contribution is -2.39. The molecule has 0 spiro atoms. The van der Waals surface area contributed by atoms with Crippen molar-refractivity contribution < 1.29 is 14.3 Å². The summed E-state index contributed by atoms with van der Waals surface area (Å²) in [6.07, 6.45) is 2.04. The van der Waals surface area contributed by atoms with Crippen molar-refractivity contribution in [2.75, 3.05) is 7.11 Å². The third-order valence-electron chi connectivity index (χ3n) is 5.34. The number of carbonyl (C=O) groups excluding carboxylic acids is 2. The lowest BCUT2D eigenvalue weighted by Gasteiger charge is -2.35. The van der Waals surface area contributed by atoms with E-state index in [2.05, 4.69) is 11.1 Å². The van der Waals surface area contributed by atoms with E-state index in [0.717, 1.165) is 29.8 Å². The zero-order valence-corrected chi connectivity index (χ0v) is 14.9. The number of hydrogen-bond donors (Lipinski definition) is 0. The van der Waals surface area contributed by atoms with E-state index in [1.165, 1.54) is 7.11 Å². The second kappa shape index (κ2) is 6.32. The van der Waals surface area contributed by atoms with Crippen LogP contribution in [-0.2, 0) is 21.4 Å². The molecule has 0 N–H and O–H groups in total. The molecule has 1 saturated carbocycles. The van der Waals surface area contributed by atoms with Crippen LogP contribution < -0.4 is 0 Å². The van der Waals surface area contributed by atoms with Crippen molar-refractivity contribution in [2.24, 2.45) is 18.0 Å². The monoisotopic (exact) mass is 339 g/mol. The molecule has 3 rings (SSSR count). The van der Waals surface area contributed by atoms with E-state index in [0.29, 0.717) is 23.4 Å². The van der Waals surface area contributed by atoms with Gasteiger partial charge in [-0.1, -0.05) is 0 Å². The van der Waals surface area contributed by atoms with Gasteiger partial charge >= 0.3 is 5.97 Å². The highest BCUT2D eigenvalue weighted by molar-refractivity contribution is 6.11. The van der Waals surface area contributed by atoms with Crippen molar-refractivity contribution in [1.82, 2.24) is 4.57 Å². The third kappa shape index (κ3) is 2.60. The van der Waals surface area contributed by atoms with Gasteiger partial charge in [0.1, 0.15) is 17.5 Å². The average Bonchev–Trinajstić information content (AvgIpc) is 2.88. The largest absolute Gasteiger partial charge is 0.466 e. The molecule has 1 aromatic rings. The number of fused-ring (bicyclic) bond motifs is 1. The Kier molecular flexibility index (Phi) is 4.34. The number of esters is 1. The summed E-state index contributed by atoms with van der Waals surface area (Å²) in [6.45, 7) is 3.68. The topological polar surface area (TPSA) is 84.4 Å². The maximum Gasteiger partial charge on any atom is 0.336 e. The molecule has 0 bridgehead atoms. The predicted octanol–water partition coefficient (Wildman–Crippen LogP) is 2.56. The van der Waals surface area contributed by atoms with Crippen LogP contribution in [-0.4, -0.2) is 29.1 Å². The number of allylic oxidation sites excluding steroid dienone is 1. The van der Waals surface area contributed by atoms with Crippen LogP contribution in [0.25, 0.3) is 0 Å². The molecule has 6 heteroatoms. The molecule has 2 heterocycles. The van der Waals surface area contributed by atoms with Crippen LogP contribution in [0.4, 0.5) is 0 Å². The fourth-order valence-corrected chi connectivity index (χ4v) is 3.98. The van der Waals surface area contributed by atoms with Crippen LogP contribution in [0.2, 0.25) is 0 Å². The van der Waals surface area contributed by atoms with Gasteiger partial charge in [0, 0.05) is 36.5 Å². The fraction of sp³-hybridized carbons (Fsp3) is 0.474. The summed E-state index contributed by atoms with van der Waals surface area (Å²) < 4.78 is 6.77. The van der Waals surface area contributed by atoms with Gasteiger partial charge in [0.05, 0.1) is 18.6 Å². The van der Waals surface area contributed by atoms with E-state index < -0.39 is 17.8 Å². The van der Waals surface area contributed by atoms with E-state index in [9.17, 15) is 14.9 Å². The molecule has 6 nitrogen and oxygen atoms in total. The van der Waals surface area contributed by atoms with Crippen molar-refractivity contribution >= 4 is 17.5 Å². The number of nitrogens with zero attached hydrogens (tertiary/aromatic N) is 3. The molecule has 0 amide bonds. The summed E-state index contributed by atoms with van der Waals surface area (Å²) >= 11 is 0. The van der Waals surface area contributed by atoms with Gasteiger partial charge in [-0.25, -0.2) is 4.79 Å². The molecule has 0 aromatic carbocycles. The van der Waals surface area contributed by atoms with Gasteiger partial charge in [-0.2, -0.15) is 5.26 Å². The van der Waals surface area contributed by atoms with Gasteiger partial charge in [-0.3, -0.25) is 9.79 Å². The summed E-state index contributed by atoms with van der Waals surface area (Å²) in [5, 5.41) is 9.35. The van der Waals surface area contributed by atoms with Crippen molar-refractivity contribution in [3.8, 4) is 6.07 Å². The smallest absolute Gasteiger partial charge is 0.336 e. The quantitative estimate of drug-likeness (QED) is 0.775. The number of carbonyl (C=O) groups is 2. The Hall–Kier alpha value is -2.68. The normalized spacial score (nSPS) is 23.0. The number of methoxy groups -OCH3 is 1. The molecule has 0 saturated heterocycles. The van der Waals surface area contributed by atoms with E-state index in [4.69, 9.17) is 4.74 Å². The number of nitriles is 1. The molecular weight excluding hydrogens is 318 g/mol. The van der Waals surface area contributed by atoms with Gasteiger partial charge in [0.2, 0.25) is 0 Å². The van der Waals surface area contributed by atoms with Crippen molar-refractivity contribution in [2.45, 2.75) is 39.0 Å². The molecule has 1 unspecified atom stereocenters. The second-order valence-electron chi connectivity index (χ2n) is 6.61. The van der Waals surface area contributed by atoms with Gasteiger partial charge in [-0.15, -0.1) is 0 Å². The molecular formula is C19H21N3O3. The molecule has 1 aliphatic carbocycles. The highest BCUT2D eigenvalue weighted by Crippen LogP contribution is 2.44. The number of ether oxygens (including phenoxy) is 1. The minimum Gasteiger partial charge on any atom is -0.466 e. The van der Waals surface area contributed by atoms with Crippen molar-refractivity contribution in [3.63, 3.8) is 0 Å². The maximum atomic E-state index is 12.7. The third-order valence-corrected chi connectivity index (χ3v) is 5.34. The molecule has 1 fully saturated rings. The minimum atomic E-state index is -0.467. The molecule has 1 aliphatic heterocycles. The van der Waals surface area contributed by atoms with E-state index in [1.807, 2.05) is 14.0 Å². The predicted molar refractivity (Wildman–Crippen MR) is 92.1 cm³/mol. The number of rotatable bonds is 2. The van der Waals surface area contributed by atoms with Crippen molar-refractivity contribution in [3.05, 3.63) is 34.3 Å². The first kappa shape index (κ1) is 17.2. The maximum absolute atomic E-state index is 12.7. The number of aliphatic imine (C=N–C) groups is 1. The average molecular weight is 339 g/mol. The van der Waals surface area contributed by atoms with Gasteiger partial charge < -0.3 is 9.30 Å². The lowest BCUT2D eigenvalue weighted by atomic mass is 9.69. The van der Waals surface area contributed by atoms with E-state index >= 15 is 0 Å². The summed E-state index contributed by atoms with van der Waals surface area (Å²) in [7, 11) is 3.15. The van der Waals surface area contributed by atoms with E-state index in [-0.39, 0.29) is 5.78 Å². The molecule has 2 atom stereocenters. The second-order valence-corrected chi connectivity index (χ2v) is 6.61. The standard InChI is InChI=1S/C19H21N3O3/c1-10-16(19(24)25-4)17(13-8-12(9-20)22(3)11(13)2)18-14(21-10)6-5-7-15(18)23/h8,17-18H,5-7H2,1-4H3/t17-,18?/m1/s1. The Balaban J connectivity index is 2.25. The first-order valence-electron chi connectivity index (χ1n) is 8.36. The van der Waals surface area contributed by atoms with Gasteiger partial charge in [0.15, 0.2) is 0 Å². The zero-order valence-electron chi connectivity index (χ0n) is 14.9. The van der Waals surface area contributed by atoms with Crippen LogP contribution in [0.5, 0.6) is 0 Å². The number of hydrogen-bond acceptors (Lipinski definition) is 5. The Morgan fingerprint density at radius 2 is 2.08 bits per heavy atom. The number of ketones is 1. The van der Waals surface area contributed by atoms with Crippen molar-refractivity contribution in [1.29, 1.82) is 5.26 Å². The minimum absolute atomic E-state index is 0.102. The summed E-state index contributed by atoms with van der Waals surface area (Å²) in [5.41, 5.74) is 4.06. The SMILES string of the molecule is COC(=O)C1=C(C)N=C2CCCC(=O)C2[C@@H]1c1cc(C#N)n(C)c1C. The molecule has 2 aliphatic rings. The van der Waals surface area contributed by atoms with Crippen LogP contribution >= 0.6 is 0 Å². The Morgan fingerprint density at radius 3 is 2.68 bits per heavy atom. The summed E-state index contributed by atoms with van der Waals surface area (Å²) in [4.78, 5) is 29.8. The first-order chi connectivity index (χ1) is 11.9. The van der Waals surface area contributed by atoms with Crippen LogP contribution in [0.1, 0.15) is 49.1 Å². The van der Waals surface area contributed by atoms with E-state index in [1.54, 1.807) is 17.6 Å². The zero-order chi connectivity index (χ0) is 18.3. The summed E-state index contributed by atoms with van der Waals surface area (Å²) in [6, 6.07) is 3.94. The first-order valence-corrected chi connectivity index (χ1v) is 8.36.